The molecule has 9 nitrogen and oxygen atoms in total. The third-order valence-corrected chi connectivity index (χ3v) is 10.6. The van der Waals surface area contributed by atoms with Crippen molar-refractivity contribution in [2.45, 2.75) is 34.9 Å². The van der Waals surface area contributed by atoms with Gasteiger partial charge >= 0.3 is 0 Å². The number of carbonyl (C=O) groups excluding carboxylic acids is 4. The highest BCUT2D eigenvalue weighted by molar-refractivity contribution is 6.53. The summed E-state index contributed by atoms with van der Waals surface area (Å²) in [5, 5.41) is 20.2. The third-order valence-electron chi connectivity index (χ3n) is 9.20. The Labute approximate surface area is 246 Å². The Hall–Kier alpha value is -3.56. The fourth-order valence-electron chi connectivity index (χ4n) is 7.19. The molecule has 0 bridgehead atoms. The lowest BCUT2D eigenvalue weighted by atomic mass is 9.56. The fourth-order valence-corrected chi connectivity index (χ4v) is 8.21. The highest BCUT2D eigenvalue weighted by atomic mass is 35.5. The molecular weight excluding hydrogens is 571 g/mol. The molecule has 6 unspecified atom stereocenters. The minimum atomic E-state index is -1.92. The molecule has 2 N–H and O–H groups in total. The highest BCUT2D eigenvalue weighted by Crippen LogP contribution is 2.65. The summed E-state index contributed by atoms with van der Waals surface area (Å²) in [5.41, 5.74) is 1.95. The number of imide groups is 2. The van der Waals surface area contributed by atoms with Gasteiger partial charge in [-0.15, -0.1) is 23.2 Å². The second-order valence-corrected chi connectivity index (χ2v) is 12.4. The van der Waals surface area contributed by atoms with E-state index in [2.05, 4.69) is 0 Å². The minimum Gasteiger partial charge on any atom is -0.508 e. The second-order valence-electron chi connectivity index (χ2n) is 11.2. The third kappa shape index (κ3) is 3.74. The average Bonchev–Trinajstić information content (AvgIpc) is 3.27. The number of phenols is 2. The van der Waals surface area contributed by atoms with E-state index in [0.717, 1.165) is 10.5 Å². The molecule has 41 heavy (non-hydrogen) atoms. The van der Waals surface area contributed by atoms with Gasteiger partial charge in [-0.05, 0) is 60.6 Å². The van der Waals surface area contributed by atoms with E-state index in [0.29, 0.717) is 17.6 Å². The monoisotopic (exact) mass is 598 g/mol. The number of halogens is 2. The van der Waals surface area contributed by atoms with Crippen molar-refractivity contribution in [1.29, 1.82) is 0 Å². The van der Waals surface area contributed by atoms with E-state index in [4.69, 9.17) is 27.9 Å². The van der Waals surface area contributed by atoms with Crippen LogP contribution in [0.4, 0.5) is 0 Å². The van der Waals surface area contributed by atoms with Gasteiger partial charge in [-0.1, -0.05) is 29.8 Å². The first kappa shape index (κ1) is 27.6. The van der Waals surface area contributed by atoms with E-state index >= 15 is 0 Å². The SMILES string of the molecule is COc1ccc(C2C3=CCC4C(=O)N(CCc5ccc(O)cc5)C(=O)C4C3CC3(Cl)C(=O)N(C)C(=O)C23Cl)cc1O. The first-order chi connectivity index (χ1) is 19.4. The number of rotatable bonds is 5. The van der Waals surface area contributed by atoms with Crippen LogP contribution in [0.2, 0.25) is 0 Å². The number of aromatic hydroxyl groups is 2. The van der Waals surface area contributed by atoms with Crippen molar-refractivity contribution >= 4 is 46.8 Å². The van der Waals surface area contributed by atoms with Gasteiger partial charge in [0.15, 0.2) is 21.2 Å². The van der Waals surface area contributed by atoms with Crippen LogP contribution in [0.3, 0.4) is 0 Å². The van der Waals surface area contributed by atoms with Gasteiger partial charge in [-0.2, -0.15) is 0 Å². The van der Waals surface area contributed by atoms with E-state index in [9.17, 15) is 29.4 Å². The molecule has 214 valence electrons. The predicted molar refractivity (Wildman–Crippen MR) is 149 cm³/mol. The van der Waals surface area contributed by atoms with Crippen LogP contribution in [0.15, 0.2) is 54.1 Å². The van der Waals surface area contributed by atoms with Crippen LogP contribution in [0.5, 0.6) is 17.2 Å². The van der Waals surface area contributed by atoms with E-state index in [1.165, 1.54) is 31.2 Å². The molecule has 0 radical (unpaired) electrons. The lowest BCUT2D eigenvalue weighted by molar-refractivity contribution is -0.141. The Kier molecular flexibility index (Phi) is 6.39. The normalized spacial score (nSPS) is 32.5. The van der Waals surface area contributed by atoms with Crippen LogP contribution in [0.1, 0.15) is 29.9 Å². The Balaban J connectivity index is 1.41. The van der Waals surface area contributed by atoms with Gasteiger partial charge in [0.05, 0.1) is 18.9 Å². The number of amides is 4. The number of methoxy groups -OCH3 is 1. The quantitative estimate of drug-likeness (QED) is 0.307. The van der Waals surface area contributed by atoms with E-state index < -0.39 is 45.2 Å². The average molecular weight is 599 g/mol. The number of carbonyl (C=O) groups is 4. The molecule has 2 aliphatic carbocycles. The zero-order valence-corrected chi connectivity index (χ0v) is 23.9. The fraction of sp³-hybridized carbons (Fsp3) is 0.400. The number of alkyl halides is 2. The number of benzene rings is 2. The standard InChI is InChI=1S/C30H28Cl2N2O7/c1-33-27(39)29(31)14-20-18(24(30(29,32)28(33)40)16-5-10-22(41-2)21(36)13-16)8-9-19-23(20)26(38)34(25(19)37)12-11-15-3-6-17(35)7-4-15/h3-8,10,13,19-20,23-24,35-36H,9,11-12,14H2,1-2H3. The smallest absolute Gasteiger partial charge is 0.253 e. The molecule has 0 spiro atoms. The van der Waals surface area contributed by atoms with Crippen molar-refractivity contribution < 1.29 is 34.1 Å². The molecule has 4 amide bonds. The summed E-state index contributed by atoms with van der Waals surface area (Å²) in [5.74, 6) is -4.79. The number of hydrogen-bond acceptors (Lipinski definition) is 7. The Bertz CT molecular complexity index is 1530. The highest BCUT2D eigenvalue weighted by Gasteiger charge is 2.75. The van der Waals surface area contributed by atoms with Gasteiger partial charge in [0, 0.05) is 19.5 Å². The Morgan fingerprint density at radius 2 is 1.68 bits per heavy atom. The van der Waals surface area contributed by atoms with E-state index in [1.54, 1.807) is 30.3 Å². The number of fused-ring (bicyclic) bond motifs is 4. The van der Waals surface area contributed by atoms with Crippen LogP contribution in [-0.4, -0.2) is 74.1 Å². The molecule has 2 aliphatic heterocycles. The maximum Gasteiger partial charge on any atom is 0.253 e. The van der Waals surface area contributed by atoms with Crippen LogP contribution >= 0.6 is 23.2 Å². The van der Waals surface area contributed by atoms with Gasteiger partial charge < -0.3 is 14.9 Å². The molecule has 0 aromatic heterocycles. The van der Waals surface area contributed by atoms with Gasteiger partial charge in [-0.3, -0.25) is 29.0 Å². The summed E-state index contributed by atoms with van der Waals surface area (Å²) in [7, 11) is 2.74. The van der Waals surface area contributed by atoms with E-state index in [-0.39, 0.29) is 48.4 Å². The van der Waals surface area contributed by atoms with Gasteiger partial charge in [-0.25, -0.2) is 0 Å². The number of nitrogens with zero attached hydrogens (tertiary/aromatic N) is 2. The Morgan fingerprint density at radius 3 is 2.34 bits per heavy atom. The first-order valence-corrected chi connectivity index (χ1v) is 14.1. The second kappa shape index (κ2) is 9.49. The molecule has 6 rings (SSSR count). The van der Waals surface area contributed by atoms with Crippen molar-refractivity contribution in [1.82, 2.24) is 9.80 Å². The summed E-state index contributed by atoms with van der Waals surface area (Å²) < 4.78 is 5.18. The zero-order valence-electron chi connectivity index (χ0n) is 22.3. The summed E-state index contributed by atoms with van der Waals surface area (Å²) in [6.07, 6.45) is 2.43. The van der Waals surface area contributed by atoms with Crippen LogP contribution in [0, 0.1) is 17.8 Å². The zero-order chi connectivity index (χ0) is 29.4. The summed E-state index contributed by atoms with van der Waals surface area (Å²) in [4.78, 5) is 52.9. The van der Waals surface area contributed by atoms with Crippen molar-refractivity contribution in [2.24, 2.45) is 17.8 Å². The number of hydrogen-bond donors (Lipinski definition) is 2. The maximum atomic E-state index is 13.9. The number of allylic oxidation sites excluding steroid dienone is 2. The first-order valence-electron chi connectivity index (χ1n) is 13.3. The number of ether oxygens (including phenoxy) is 1. The molecule has 3 fully saturated rings. The molecule has 2 saturated heterocycles. The van der Waals surface area contributed by atoms with Crippen LogP contribution in [-0.2, 0) is 25.6 Å². The largest absolute Gasteiger partial charge is 0.508 e. The molecule has 6 atom stereocenters. The van der Waals surface area contributed by atoms with Gasteiger partial charge in [0.25, 0.3) is 11.8 Å². The molecule has 11 heteroatoms. The predicted octanol–water partition coefficient (Wildman–Crippen LogP) is 3.34. The van der Waals surface area contributed by atoms with Crippen LogP contribution in [0.25, 0.3) is 0 Å². The molecule has 1 saturated carbocycles. The number of likely N-dealkylation sites (tertiary alicyclic amines) is 2. The number of phenolic OH excluding ortho intramolecular Hbond substituents is 2. The van der Waals surface area contributed by atoms with Crippen molar-refractivity contribution in [3.63, 3.8) is 0 Å². The molecule has 2 aromatic carbocycles. The summed E-state index contributed by atoms with van der Waals surface area (Å²) in [6.45, 7) is 0.166. The topological polar surface area (TPSA) is 124 Å². The minimum absolute atomic E-state index is 0.0938. The molecule has 4 aliphatic rings. The molecular formula is C30H28Cl2N2O7. The summed E-state index contributed by atoms with van der Waals surface area (Å²) in [6, 6.07) is 11.2. The summed E-state index contributed by atoms with van der Waals surface area (Å²) >= 11 is 14.3. The molecule has 2 heterocycles. The van der Waals surface area contributed by atoms with Gasteiger partial charge in [0.1, 0.15) is 5.75 Å². The van der Waals surface area contributed by atoms with Crippen molar-refractivity contribution in [3.8, 4) is 17.2 Å². The molecule has 2 aromatic rings. The van der Waals surface area contributed by atoms with Gasteiger partial charge in [0.2, 0.25) is 11.8 Å². The Morgan fingerprint density at radius 1 is 0.976 bits per heavy atom. The lowest BCUT2D eigenvalue weighted by Crippen LogP contribution is -2.60. The lowest BCUT2D eigenvalue weighted by Gasteiger charge is -2.50. The van der Waals surface area contributed by atoms with Crippen molar-refractivity contribution in [2.75, 3.05) is 20.7 Å². The van der Waals surface area contributed by atoms with E-state index in [1.807, 2.05) is 6.08 Å². The van der Waals surface area contributed by atoms with Crippen LogP contribution < -0.4 is 4.74 Å². The van der Waals surface area contributed by atoms with Crippen molar-refractivity contribution in [3.05, 3.63) is 65.2 Å². The maximum absolute atomic E-state index is 13.9.